The number of benzene rings is 1. The standard InChI is InChI=1S/C20H23N3O3S/c24-18(5-4-12-2-1-3-17(11-12)23(25)26)21-20(27)22-19-15-7-13-6-14(9-15)10-16(19)8-13/h1-5,11,13-16,19H,6-10H2,(H2,21,22,24,27). The predicted octanol–water partition coefficient (Wildman–Crippen LogP) is 3.42. The molecular weight excluding hydrogens is 362 g/mol. The van der Waals surface area contributed by atoms with Gasteiger partial charge in [-0.25, -0.2) is 0 Å². The van der Waals surface area contributed by atoms with E-state index in [1.165, 1.54) is 50.3 Å². The van der Waals surface area contributed by atoms with Crippen LogP contribution in [0.15, 0.2) is 30.3 Å². The molecule has 4 aliphatic rings. The highest BCUT2D eigenvalue weighted by Crippen LogP contribution is 2.53. The Morgan fingerprint density at radius 2 is 1.81 bits per heavy atom. The van der Waals surface area contributed by atoms with Crippen molar-refractivity contribution in [3.05, 3.63) is 46.0 Å². The molecule has 0 aliphatic heterocycles. The molecule has 0 radical (unpaired) electrons. The number of carbonyl (C=O) groups is 1. The first-order chi connectivity index (χ1) is 13.0. The molecule has 2 N–H and O–H groups in total. The molecule has 7 heteroatoms. The molecule has 4 bridgehead atoms. The summed E-state index contributed by atoms with van der Waals surface area (Å²) in [6.45, 7) is 0. The largest absolute Gasteiger partial charge is 0.359 e. The lowest BCUT2D eigenvalue weighted by Gasteiger charge is -2.54. The number of hydrogen-bond donors (Lipinski definition) is 2. The maximum absolute atomic E-state index is 12.1. The van der Waals surface area contributed by atoms with Crippen LogP contribution in [-0.4, -0.2) is 22.0 Å². The minimum atomic E-state index is -0.457. The number of rotatable bonds is 4. The van der Waals surface area contributed by atoms with Gasteiger partial charge >= 0.3 is 0 Å². The van der Waals surface area contributed by atoms with Crippen LogP contribution in [0.3, 0.4) is 0 Å². The zero-order valence-electron chi connectivity index (χ0n) is 15.0. The quantitative estimate of drug-likeness (QED) is 0.359. The molecule has 0 aromatic heterocycles. The number of nitrogens with zero attached hydrogens (tertiary/aromatic N) is 1. The summed E-state index contributed by atoms with van der Waals surface area (Å²) in [4.78, 5) is 22.5. The molecule has 142 valence electrons. The maximum Gasteiger partial charge on any atom is 0.270 e. The van der Waals surface area contributed by atoms with E-state index in [0.717, 1.165) is 11.8 Å². The first kappa shape index (κ1) is 18.1. The van der Waals surface area contributed by atoms with Gasteiger partial charge < -0.3 is 5.32 Å². The molecular formula is C20H23N3O3S. The number of nitro groups is 1. The van der Waals surface area contributed by atoms with Gasteiger partial charge in [-0.3, -0.25) is 20.2 Å². The lowest BCUT2D eigenvalue weighted by Crippen LogP contribution is -2.57. The van der Waals surface area contributed by atoms with E-state index < -0.39 is 4.92 Å². The molecule has 0 heterocycles. The van der Waals surface area contributed by atoms with Crippen LogP contribution in [0.5, 0.6) is 0 Å². The lowest BCUT2D eigenvalue weighted by molar-refractivity contribution is -0.384. The van der Waals surface area contributed by atoms with Crippen molar-refractivity contribution in [3.8, 4) is 0 Å². The van der Waals surface area contributed by atoms with Crippen molar-refractivity contribution in [2.45, 2.75) is 38.1 Å². The summed E-state index contributed by atoms with van der Waals surface area (Å²) < 4.78 is 0. The van der Waals surface area contributed by atoms with E-state index in [4.69, 9.17) is 12.2 Å². The van der Waals surface area contributed by atoms with Gasteiger partial charge in [-0.05, 0) is 79.6 Å². The third-order valence-electron chi connectivity index (χ3n) is 6.27. The number of carbonyl (C=O) groups excluding carboxylic acids is 1. The molecule has 27 heavy (non-hydrogen) atoms. The topological polar surface area (TPSA) is 84.3 Å². The van der Waals surface area contributed by atoms with Crippen LogP contribution in [-0.2, 0) is 4.79 Å². The molecule has 1 aromatic rings. The van der Waals surface area contributed by atoms with E-state index in [9.17, 15) is 14.9 Å². The molecule has 4 aliphatic carbocycles. The minimum Gasteiger partial charge on any atom is -0.359 e. The van der Waals surface area contributed by atoms with Gasteiger partial charge in [0.05, 0.1) is 4.92 Å². The van der Waals surface area contributed by atoms with Gasteiger partial charge in [0, 0.05) is 24.3 Å². The highest BCUT2D eigenvalue weighted by atomic mass is 32.1. The van der Waals surface area contributed by atoms with E-state index in [1.54, 1.807) is 18.2 Å². The van der Waals surface area contributed by atoms with Crippen molar-refractivity contribution in [2.24, 2.45) is 23.7 Å². The predicted molar refractivity (Wildman–Crippen MR) is 107 cm³/mol. The summed E-state index contributed by atoms with van der Waals surface area (Å²) in [6.07, 6.45) is 9.45. The Morgan fingerprint density at radius 3 is 2.44 bits per heavy atom. The fourth-order valence-electron chi connectivity index (χ4n) is 5.42. The second-order valence-corrected chi connectivity index (χ2v) is 8.51. The Labute approximate surface area is 163 Å². The van der Waals surface area contributed by atoms with E-state index in [0.29, 0.717) is 28.6 Å². The van der Waals surface area contributed by atoms with Gasteiger partial charge in [0.1, 0.15) is 0 Å². The molecule has 0 spiro atoms. The molecule has 1 amide bonds. The van der Waals surface area contributed by atoms with Crippen molar-refractivity contribution in [2.75, 3.05) is 0 Å². The molecule has 1 aromatic carbocycles. The Hall–Kier alpha value is -2.28. The number of non-ortho nitro benzene ring substituents is 1. The SMILES string of the molecule is O=C(C=Cc1cccc([N+](=O)[O-])c1)NC(=S)NC1C2CC3CC(C2)CC1C3. The van der Waals surface area contributed by atoms with Gasteiger partial charge in [0.15, 0.2) is 5.11 Å². The normalized spacial score (nSPS) is 31.0. The number of thiocarbonyl (C=S) groups is 1. The Kier molecular flexibility index (Phi) is 4.95. The van der Waals surface area contributed by atoms with Crippen LogP contribution in [0.1, 0.15) is 37.7 Å². The first-order valence-electron chi connectivity index (χ1n) is 9.52. The monoisotopic (exact) mass is 385 g/mol. The molecule has 4 saturated carbocycles. The van der Waals surface area contributed by atoms with Gasteiger partial charge in [0.25, 0.3) is 5.69 Å². The maximum atomic E-state index is 12.1. The molecule has 0 unspecified atom stereocenters. The van der Waals surface area contributed by atoms with Crippen molar-refractivity contribution >= 4 is 35.0 Å². The Bertz CT molecular complexity index is 779. The fourth-order valence-corrected chi connectivity index (χ4v) is 5.65. The molecule has 5 rings (SSSR count). The Morgan fingerprint density at radius 1 is 1.15 bits per heavy atom. The Balaban J connectivity index is 1.31. The van der Waals surface area contributed by atoms with Crippen LogP contribution >= 0.6 is 12.2 Å². The van der Waals surface area contributed by atoms with E-state index in [1.807, 2.05) is 0 Å². The molecule has 4 fully saturated rings. The number of amides is 1. The third kappa shape index (κ3) is 4.03. The highest BCUT2D eigenvalue weighted by Gasteiger charge is 2.48. The number of nitrogens with one attached hydrogen (secondary N) is 2. The first-order valence-corrected chi connectivity index (χ1v) is 9.93. The molecule has 0 atom stereocenters. The van der Waals surface area contributed by atoms with E-state index >= 15 is 0 Å². The third-order valence-corrected chi connectivity index (χ3v) is 6.49. The van der Waals surface area contributed by atoms with Crippen LogP contribution in [0.25, 0.3) is 6.08 Å². The van der Waals surface area contributed by atoms with Crippen LogP contribution in [0, 0.1) is 33.8 Å². The van der Waals surface area contributed by atoms with Crippen molar-refractivity contribution in [3.63, 3.8) is 0 Å². The van der Waals surface area contributed by atoms with Crippen LogP contribution < -0.4 is 10.6 Å². The summed E-state index contributed by atoms with van der Waals surface area (Å²) in [6, 6.07) is 6.53. The zero-order chi connectivity index (χ0) is 19.0. The second-order valence-electron chi connectivity index (χ2n) is 8.10. The van der Waals surface area contributed by atoms with Crippen LogP contribution in [0.4, 0.5) is 5.69 Å². The lowest BCUT2D eigenvalue weighted by atomic mass is 9.54. The number of nitro benzene ring substituents is 1. The van der Waals surface area contributed by atoms with Gasteiger partial charge in [-0.2, -0.15) is 0 Å². The average molecular weight is 385 g/mol. The minimum absolute atomic E-state index is 0.00312. The summed E-state index contributed by atoms with van der Waals surface area (Å²) in [5.41, 5.74) is 0.593. The van der Waals surface area contributed by atoms with E-state index in [-0.39, 0.29) is 11.6 Å². The smallest absolute Gasteiger partial charge is 0.270 e. The summed E-state index contributed by atoms with van der Waals surface area (Å²) in [5.74, 6) is 2.81. The van der Waals surface area contributed by atoms with Crippen molar-refractivity contribution < 1.29 is 9.72 Å². The highest BCUT2D eigenvalue weighted by molar-refractivity contribution is 7.80. The van der Waals surface area contributed by atoms with Gasteiger partial charge in [-0.1, -0.05) is 12.1 Å². The van der Waals surface area contributed by atoms with Crippen LogP contribution in [0.2, 0.25) is 0 Å². The zero-order valence-corrected chi connectivity index (χ0v) is 15.8. The second kappa shape index (κ2) is 7.38. The van der Waals surface area contributed by atoms with Crippen molar-refractivity contribution in [1.29, 1.82) is 0 Å². The van der Waals surface area contributed by atoms with Gasteiger partial charge in [-0.15, -0.1) is 0 Å². The fraction of sp³-hybridized carbons (Fsp3) is 0.500. The summed E-state index contributed by atoms with van der Waals surface area (Å²) in [7, 11) is 0. The summed E-state index contributed by atoms with van der Waals surface area (Å²) in [5, 5.41) is 17.3. The van der Waals surface area contributed by atoms with Crippen molar-refractivity contribution in [1.82, 2.24) is 10.6 Å². The average Bonchev–Trinajstić information content (AvgIpc) is 2.62. The summed E-state index contributed by atoms with van der Waals surface area (Å²) >= 11 is 5.35. The van der Waals surface area contributed by atoms with Gasteiger partial charge in [0.2, 0.25) is 5.91 Å². The molecule has 0 saturated heterocycles. The number of hydrogen-bond acceptors (Lipinski definition) is 4. The van der Waals surface area contributed by atoms with E-state index in [2.05, 4.69) is 10.6 Å². The molecule has 6 nitrogen and oxygen atoms in total.